The lowest BCUT2D eigenvalue weighted by Crippen LogP contribution is -2.39. The van der Waals surface area contributed by atoms with Crippen LogP contribution in [-0.2, 0) is 7.05 Å². The molecule has 1 aliphatic carbocycles. The van der Waals surface area contributed by atoms with Crippen molar-refractivity contribution < 1.29 is 4.42 Å². The van der Waals surface area contributed by atoms with Gasteiger partial charge in [0.05, 0.1) is 6.26 Å². The van der Waals surface area contributed by atoms with Crippen LogP contribution in [-0.4, -0.2) is 16.1 Å². The van der Waals surface area contributed by atoms with E-state index in [0.29, 0.717) is 5.41 Å². The van der Waals surface area contributed by atoms with Crippen LogP contribution in [0.15, 0.2) is 35.2 Å². The van der Waals surface area contributed by atoms with E-state index in [1.54, 1.807) is 6.26 Å². The van der Waals surface area contributed by atoms with Crippen LogP contribution in [0.25, 0.3) is 0 Å². The van der Waals surface area contributed by atoms with Crippen molar-refractivity contribution in [3.8, 4) is 0 Å². The first-order valence-corrected chi connectivity index (χ1v) is 6.92. The van der Waals surface area contributed by atoms with E-state index >= 15 is 0 Å². The van der Waals surface area contributed by atoms with Crippen molar-refractivity contribution in [3.05, 3.63) is 42.4 Å². The maximum absolute atomic E-state index is 5.58. The topological polar surface area (TPSA) is 43.0 Å². The number of nitrogens with zero attached hydrogens (tertiary/aromatic N) is 2. The molecular formula is C15H21N3O. The SMILES string of the molecule is Cn1ccnc1C(NCC1(C)CCC1)c1ccco1. The standard InChI is InChI=1S/C15H21N3O/c1-15(6-4-7-15)11-17-13(12-5-3-10-19-12)14-16-8-9-18(14)2/h3,5,8-10,13,17H,4,6-7,11H2,1-2H3. The van der Waals surface area contributed by atoms with Crippen molar-refractivity contribution in [3.63, 3.8) is 0 Å². The molecule has 0 aromatic carbocycles. The van der Waals surface area contributed by atoms with Crippen LogP contribution in [0.5, 0.6) is 0 Å². The van der Waals surface area contributed by atoms with Gasteiger partial charge in [-0.25, -0.2) is 4.98 Å². The molecule has 2 aromatic heterocycles. The highest BCUT2D eigenvalue weighted by molar-refractivity contribution is 5.16. The minimum atomic E-state index is 0.0347. The molecule has 0 spiro atoms. The molecule has 1 N–H and O–H groups in total. The molecule has 2 heterocycles. The van der Waals surface area contributed by atoms with Gasteiger partial charge in [0, 0.05) is 26.0 Å². The molecule has 4 heteroatoms. The van der Waals surface area contributed by atoms with Crippen molar-refractivity contribution in [2.75, 3.05) is 6.54 Å². The van der Waals surface area contributed by atoms with E-state index in [1.165, 1.54) is 19.3 Å². The lowest BCUT2D eigenvalue weighted by molar-refractivity contribution is 0.150. The van der Waals surface area contributed by atoms with Gasteiger partial charge in [-0.2, -0.15) is 0 Å². The number of rotatable bonds is 5. The summed E-state index contributed by atoms with van der Waals surface area (Å²) in [6.45, 7) is 3.35. The highest BCUT2D eigenvalue weighted by Crippen LogP contribution is 2.40. The van der Waals surface area contributed by atoms with Gasteiger partial charge in [-0.15, -0.1) is 0 Å². The van der Waals surface area contributed by atoms with Crippen LogP contribution in [0.3, 0.4) is 0 Å². The van der Waals surface area contributed by atoms with Gasteiger partial charge in [-0.1, -0.05) is 13.3 Å². The molecule has 1 unspecified atom stereocenters. The predicted octanol–water partition coefficient (Wildman–Crippen LogP) is 2.88. The van der Waals surface area contributed by atoms with E-state index in [-0.39, 0.29) is 6.04 Å². The molecule has 1 atom stereocenters. The fraction of sp³-hybridized carbons (Fsp3) is 0.533. The zero-order chi connectivity index (χ0) is 13.3. The Kier molecular flexibility index (Phi) is 3.19. The van der Waals surface area contributed by atoms with Crippen molar-refractivity contribution in [1.29, 1.82) is 0 Å². The summed E-state index contributed by atoms with van der Waals surface area (Å²) in [6, 6.07) is 3.97. The third-order valence-electron chi connectivity index (χ3n) is 4.24. The van der Waals surface area contributed by atoms with Crippen LogP contribution >= 0.6 is 0 Å². The molecule has 102 valence electrons. The third-order valence-corrected chi connectivity index (χ3v) is 4.24. The molecule has 0 aliphatic heterocycles. The van der Waals surface area contributed by atoms with Gasteiger partial charge in [-0.3, -0.25) is 0 Å². The number of furan rings is 1. The molecule has 3 rings (SSSR count). The Morgan fingerprint density at radius 2 is 2.37 bits per heavy atom. The van der Waals surface area contributed by atoms with Crippen LogP contribution < -0.4 is 5.32 Å². The van der Waals surface area contributed by atoms with Crippen LogP contribution in [0.4, 0.5) is 0 Å². The summed E-state index contributed by atoms with van der Waals surface area (Å²) in [4.78, 5) is 4.46. The predicted molar refractivity (Wildman–Crippen MR) is 73.7 cm³/mol. The zero-order valence-corrected chi connectivity index (χ0v) is 11.6. The molecule has 1 aliphatic rings. The first kappa shape index (κ1) is 12.5. The van der Waals surface area contributed by atoms with E-state index in [4.69, 9.17) is 4.42 Å². The fourth-order valence-corrected chi connectivity index (χ4v) is 2.74. The van der Waals surface area contributed by atoms with Crippen molar-refractivity contribution in [2.45, 2.75) is 32.2 Å². The average Bonchev–Trinajstić information content (AvgIpc) is 3.00. The highest BCUT2D eigenvalue weighted by Gasteiger charge is 2.33. The quantitative estimate of drug-likeness (QED) is 0.898. The van der Waals surface area contributed by atoms with E-state index in [9.17, 15) is 0 Å². The summed E-state index contributed by atoms with van der Waals surface area (Å²) in [5, 5.41) is 3.63. The summed E-state index contributed by atoms with van der Waals surface area (Å²) in [5.74, 6) is 1.93. The summed E-state index contributed by atoms with van der Waals surface area (Å²) >= 11 is 0. The molecule has 0 bridgehead atoms. The minimum Gasteiger partial charge on any atom is -0.467 e. The van der Waals surface area contributed by atoms with Gasteiger partial charge in [0.15, 0.2) is 0 Å². The Morgan fingerprint density at radius 1 is 1.53 bits per heavy atom. The molecule has 0 saturated heterocycles. The van der Waals surface area contributed by atoms with Gasteiger partial charge in [-0.05, 0) is 30.4 Å². The zero-order valence-electron chi connectivity index (χ0n) is 11.6. The average molecular weight is 259 g/mol. The Balaban J connectivity index is 1.79. The molecule has 2 aromatic rings. The molecule has 0 amide bonds. The Bertz CT molecular complexity index is 525. The largest absolute Gasteiger partial charge is 0.467 e. The Hall–Kier alpha value is -1.55. The van der Waals surface area contributed by atoms with Gasteiger partial charge >= 0.3 is 0 Å². The van der Waals surface area contributed by atoms with Gasteiger partial charge < -0.3 is 14.3 Å². The minimum absolute atomic E-state index is 0.0347. The highest BCUT2D eigenvalue weighted by atomic mass is 16.3. The second kappa shape index (κ2) is 4.85. The maximum Gasteiger partial charge on any atom is 0.133 e. The van der Waals surface area contributed by atoms with Crippen LogP contribution in [0, 0.1) is 5.41 Å². The van der Waals surface area contributed by atoms with Crippen molar-refractivity contribution in [2.24, 2.45) is 12.5 Å². The number of aryl methyl sites for hydroxylation is 1. The second-order valence-electron chi connectivity index (χ2n) is 5.89. The second-order valence-corrected chi connectivity index (χ2v) is 5.89. The number of hydrogen-bond acceptors (Lipinski definition) is 3. The monoisotopic (exact) mass is 259 g/mol. The molecule has 1 fully saturated rings. The normalized spacial score (nSPS) is 19.1. The van der Waals surface area contributed by atoms with Gasteiger partial charge in [0.1, 0.15) is 17.6 Å². The van der Waals surface area contributed by atoms with Crippen LogP contribution in [0.1, 0.15) is 43.8 Å². The summed E-state index contributed by atoms with van der Waals surface area (Å²) in [5.41, 5.74) is 0.440. The summed E-state index contributed by atoms with van der Waals surface area (Å²) in [6.07, 6.45) is 9.50. The van der Waals surface area contributed by atoms with Crippen LogP contribution in [0.2, 0.25) is 0 Å². The molecular weight excluding hydrogens is 238 g/mol. The number of imidazole rings is 1. The lowest BCUT2D eigenvalue weighted by atomic mass is 9.70. The van der Waals surface area contributed by atoms with E-state index in [2.05, 4.69) is 17.2 Å². The van der Waals surface area contributed by atoms with E-state index < -0.39 is 0 Å². The van der Waals surface area contributed by atoms with E-state index in [0.717, 1.165) is 18.1 Å². The Morgan fingerprint density at radius 3 is 2.89 bits per heavy atom. The molecule has 1 saturated carbocycles. The maximum atomic E-state index is 5.58. The smallest absolute Gasteiger partial charge is 0.133 e. The molecule has 19 heavy (non-hydrogen) atoms. The molecule has 4 nitrogen and oxygen atoms in total. The molecule has 0 radical (unpaired) electrons. The first-order valence-electron chi connectivity index (χ1n) is 6.92. The lowest BCUT2D eigenvalue weighted by Gasteiger charge is -2.39. The van der Waals surface area contributed by atoms with Gasteiger partial charge in [0.25, 0.3) is 0 Å². The van der Waals surface area contributed by atoms with Gasteiger partial charge in [0.2, 0.25) is 0 Å². The Labute approximate surface area is 113 Å². The number of nitrogens with one attached hydrogen (secondary N) is 1. The summed E-state index contributed by atoms with van der Waals surface area (Å²) < 4.78 is 7.62. The fourth-order valence-electron chi connectivity index (χ4n) is 2.74. The first-order chi connectivity index (χ1) is 9.18. The number of hydrogen-bond donors (Lipinski definition) is 1. The summed E-state index contributed by atoms with van der Waals surface area (Å²) in [7, 11) is 2.02. The van der Waals surface area contributed by atoms with Crippen molar-refractivity contribution in [1.82, 2.24) is 14.9 Å². The van der Waals surface area contributed by atoms with E-state index in [1.807, 2.05) is 36.1 Å². The number of aromatic nitrogens is 2. The third kappa shape index (κ3) is 2.45. The van der Waals surface area contributed by atoms with Crippen molar-refractivity contribution >= 4 is 0 Å².